The van der Waals surface area contributed by atoms with Gasteiger partial charge in [-0.05, 0) is 13.8 Å². The van der Waals surface area contributed by atoms with Gasteiger partial charge in [0.25, 0.3) is 10.0 Å². The Morgan fingerprint density at radius 1 is 1.56 bits per heavy atom. The average molecular weight is 277 g/mol. The monoisotopic (exact) mass is 277 g/mol. The van der Waals surface area contributed by atoms with Crippen LogP contribution in [0.2, 0.25) is 0 Å². The zero-order valence-corrected chi connectivity index (χ0v) is 11.0. The molecule has 1 aromatic rings. The van der Waals surface area contributed by atoms with Gasteiger partial charge in [0.1, 0.15) is 5.56 Å². The van der Waals surface area contributed by atoms with E-state index in [4.69, 9.17) is 10.2 Å². The van der Waals surface area contributed by atoms with Gasteiger partial charge in [-0.2, -0.15) is 9.40 Å². The van der Waals surface area contributed by atoms with Gasteiger partial charge in [0.05, 0.1) is 6.61 Å². The maximum atomic E-state index is 12.1. The molecule has 0 amide bonds. The normalized spacial score (nSPS) is 13.8. The van der Waals surface area contributed by atoms with Crippen LogP contribution in [-0.2, 0) is 10.0 Å². The number of rotatable bonds is 5. The maximum Gasteiger partial charge on any atom is 0.340 e. The molecule has 0 fully saturated rings. The fourth-order valence-electron chi connectivity index (χ4n) is 1.33. The number of aryl methyl sites for hydroxylation is 1. The van der Waals surface area contributed by atoms with Gasteiger partial charge in [0.2, 0.25) is 5.03 Å². The third-order valence-corrected chi connectivity index (χ3v) is 4.54. The summed E-state index contributed by atoms with van der Waals surface area (Å²) in [4.78, 5) is 11.0. The summed E-state index contributed by atoms with van der Waals surface area (Å²) in [5.41, 5.74) is -0.224. The van der Waals surface area contributed by atoms with Crippen LogP contribution < -0.4 is 0 Å². The van der Waals surface area contributed by atoms with Crippen LogP contribution in [0.5, 0.6) is 0 Å². The van der Waals surface area contributed by atoms with Crippen molar-refractivity contribution in [1.82, 2.24) is 14.5 Å². The number of likely N-dealkylation sites (N-methyl/N-ethyl adjacent to an activating group) is 1. The maximum absolute atomic E-state index is 12.1. The molecule has 0 radical (unpaired) electrons. The van der Waals surface area contributed by atoms with Crippen LogP contribution >= 0.6 is 0 Å². The van der Waals surface area contributed by atoms with Gasteiger partial charge < -0.3 is 10.2 Å². The van der Waals surface area contributed by atoms with Crippen molar-refractivity contribution in [3.05, 3.63) is 11.3 Å². The second-order valence-electron chi connectivity index (χ2n) is 3.89. The molecule has 0 spiro atoms. The van der Waals surface area contributed by atoms with Gasteiger partial charge in [0.15, 0.2) is 0 Å². The number of hydrogen-bond acceptors (Lipinski definition) is 5. The molecule has 0 aliphatic carbocycles. The highest BCUT2D eigenvalue weighted by Gasteiger charge is 2.33. The molecule has 1 heterocycles. The average Bonchev–Trinajstić information content (AvgIpc) is 2.69. The van der Waals surface area contributed by atoms with Crippen LogP contribution in [0.1, 0.15) is 23.0 Å². The van der Waals surface area contributed by atoms with Crippen molar-refractivity contribution >= 4 is 16.0 Å². The molecule has 0 aromatic carbocycles. The van der Waals surface area contributed by atoms with Crippen LogP contribution in [0, 0.1) is 6.92 Å². The van der Waals surface area contributed by atoms with Crippen molar-refractivity contribution < 1.29 is 23.4 Å². The van der Waals surface area contributed by atoms with E-state index in [0.717, 1.165) is 4.31 Å². The largest absolute Gasteiger partial charge is 0.478 e. The lowest BCUT2D eigenvalue weighted by molar-refractivity contribution is 0.0691. The molecule has 0 bridgehead atoms. The topological polar surface area (TPSA) is 124 Å². The van der Waals surface area contributed by atoms with E-state index in [0.29, 0.717) is 0 Å². The highest BCUT2D eigenvalue weighted by atomic mass is 32.2. The van der Waals surface area contributed by atoms with Crippen molar-refractivity contribution in [1.29, 1.82) is 0 Å². The summed E-state index contributed by atoms with van der Waals surface area (Å²) >= 11 is 0. The molecule has 1 rings (SSSR count). The highest BCUT2D eigenvalue weighted by molar-refractivity contribution is 7.89. The van der Waals surface area contributed by atoms with Crippen molar-refractivity contribution in [3.8, 4) is 0 Å². The predicted octanol–water partition coefficient (Wildman–Crippen LogP) is -0.582. The number of aliphatic hydroxyl groups excluding tert-OH is 1. The number of carboxylic acids is 1. The molecule has 3 N–H and O–H groups in total. The minimum absolute atomic E-state index is 0.158. The van der Waals surface area contributed by atoms with Crippen molar-refractivity contribution in [2.24, 2.45) is 0 Å². The van der Waals surface area contributed by atoms with Gasteiger partial charge >= 0.3 is 5.97 Å². The molecule has 1 atom stereocenters. The molecule has 0 aliphatic rings. The van der Waals surface area contributed by atoms with E-state index in [1.54, 1.807) is 0 Å². The minimum Gasteiger partial charge on any atom is -0.478 e. The number of nitrogens with one attached hydrogen (secondary N) is 1. The smallest absolute Gasteiger partial charge is 0.340 e. The van der Waals surface area contributed by atoms with Crippen LogP contribution in [0.15, 0.2) is 5.03 Å². The Hall–Kier alpha value is -1.45. The van der Waals surface area contributed by atoms with Crippen molar-refractivity contribution in [3.63, 3.8) is 0 Å². The second kappa shape index (κ2) is 5.04. The zero-order valence-electron chi connectivity index (χ0n) is 10.2. The molecule has 9 heteroatoms. The Balaban J connectivity index is 3.34. The third kappa shape index (κ3) is 2.37. The number of carboxylic acid groups (broad SMARTS) is 1. The molecule has 18 heavy (non-hydrogen) atoms. The van der Waals surface area contributed by atoms with Crippen molar-refractivity contribution in [2.45, 2.75) is 24.9 Å². The number of nitrogens with zero attached hydrogens (tertiary/aromatic N) is 2. The zero-order chi connectivity index (χ0) is 14.1. The summed E-state index contributed by atoms with van der Waals surface area (Å²) in [6.45, 7) is 2.55. The number of aromatic amines is 1. The standard InChI is InChI=1S/C9H15N3O5S/c1-5(4-13)12(3)18(16,17)8-7(9(14)15)6(2)10-11-8/h5,13H,4H2,1-3H3,(H,10,11)(H,14,15). The fourth-order valence-corrected chi connectivity index (χ4v) is 2.81. The Morgan fingerprint density at radius 3 is 2.56 bits per heavy atom. The van der Waals surface area contributed by atoms with Gasteiger partial charge in [-0.25, -0.2) is 13.2 Å². The van der Waals surface area contributed by atoms with E-state index in [2.05, 4.69) is 10.2 Å². The van der Waals surface area contributed by atoms with Crippen LogP contribution in [-0.4, -0.2) is 58.8 Å². The second-order valence-corrected chi connectivity index (χ2v) is 5.80. The Bertz CT molecular complexity index is 551. The highest BCUT2D eigenvalue weighted by Crippen LogP contribution is 2.20. The van der Waals surface area contributed by atoms with E-state index >= 15 is 0 Å². The van der Waals surface area contributed by atoms with Gasteiger partial charge in [-0.3, -0.25) is 5.10 Å². The number of aromatic carboxylic acids is 1. The van der Waals surface area contributed by atoms with Crippen molar-refractivity contribution in [2.75, 3.05) is 13.7 Å². The van der Waals surface area contributed by atoms with Crippen LogP contribution in [0.25, 0.3) is 0 Å². The molecular formula is C9H15N3O5S. The first-order valence-corrected chi connectivity index (χ1v) is 6.54. The van der Waals surface area contributed by atoms with Crippen LogP contribution in [0.3, 0.4) is 0 Å². The minimum atomic E-state index is -4.06. The molecule has 8 nitrogen and oxygen atoms in total. The molecule has 0 saturated heterocycles. The van der Waals surface area contributed by atoms with E-state index in [1.807, 2.05) is 0 Å². The first kappa shape index (κ1) is 14.6. The number of carbonyl (C=O) groups is 1. The van der Waals surface area contributed by atoms with Gasteiger partial charge in [-0.15, -0.1) is 0 Å². The third-order valence-electron chi connectivity index (χ3n) is 2.64. The molecule has 1 unspecified atom stereocenters. The number of sulfonamides is 1. The van der Waals surface area contributed by atoms with E-state index < -0.39 is 27.1 Å². The summed E-state index contributed by atoms with van der Waals surface area (Å²) in [5, 5.41) is 23.3. The van der Waals surface area contributed by atoms with E-state index in [9.17, 15) is 13.2 Å². The summed E-state index contributed by atoms with van der Waals surface area (Å²) < 4.78 is 25.2. The summed E-state index contributed by atoms with van der Waals surface area (Å²) in [5.74, 6) is -1.37. The molecular weight excluding hydrogens is 262 g/mol. The molecule has 0 aliphatic heterocycles. The fraction of sp³-hybridized carbons (Fsp3) is 0.556. The molecule has 1 aromatic heterocycles. The lowest BCUT2D eigenvalue weighted by Crippen LogP contribution is -2.38. The Morgan fingerprint density at radius 2 is 2.11 bits per heavy atom. The summed E-state index contributed by atoms with van der Waals surface area (Å²) in [7, 11) is -2.80. The molecule has 102 valence electrons. The predicted molar refractivity (Wildman–Crippen MR) is 61.8 cm³/mol. The lowest BCUT2D eigenvalue weighted by Gasteiger charge is -2.21. The Labute approximate surface area is 104 Å². The lowest BCUT2D eigenvalue weighted by atomic mass is 10.3. The quantitative estimate of drug-likeness (QED) is 0.661. The Kier molecular flexibility index (Phi) is 4.09. The van der Waals surface area contributed by atoms with E-state index in [1.165, 1.54) is 20.9 Å². The first-order chi connectivity index (χ1) is 8.23. The van der Waals surface area contributed by atoms with Gasteiger partial charge in [-0.1, -0.05) is 0 Å². The SMILES string of the molecule is Cc1[nH]nc(S(=O)(=O)N(C)C(C)CO)c1C(=O)O. The summed E-state index contributed by atoms with van der Waals surface area (Å²) in [6, 6.07) is -0.673. The number of hydrogen-bond donors (Lipinski definition) is 3. The number of H-pyrrole nitrogens is 1. The van der Waals surface area contributed by atoms with Gasteiger partial charge in [0, 0.05) is 18.8 Å². The first-order valence-electron chi connectivity index (χ1n) is 5.10. The number of aromatic nitrogens is 2. The number of aliphatic hydroxyl groups is 1. The van der Waals surface area contributed by atoms with Crippen LogP contribution in [0.4, 0.5) is 0 Å². The van der Waals surface area contributed by atoms with E-state index in [-0.39, 0.29) is 17.9 Å². The molecule has 0 saturated carbocycles. The summed E-state index contributed by atoms with van der Waals surface area (Å²) in [6.07, 6.45) is 0.